The van der Waals surface area contributed by atoms with Crippen molar-refractivity contribution in [1.29, 1.82) is 0 Å². The zero-order chi connectivity index (χ0) is 13.0. The number of hydrogen-bond donors (Lipinski definition) is 1. The van der Waals surface area contributed by atoms with Gasteiger partial charge in [-0.2, -0.15) is 4.98 Å². The van der Waals surface area contributed by atoms with Crippen molar-refractivity contribution < 1.29 is 4.52 Å². The number of nitrogens with one attached hydrogen (secondary N) is 1. The van der Waals surface area contributed by atoms with Gasteiger partial charge in [0, 0.05) is 12.5 Å². The van der Waals surface area contributed by atoms with E-state index in [1.807, 2.05) is 6.08 Å². The van der Waals surface area contributed by atoms with Crippen molar-refractivity contribution in [1.82, 2.24) is 15.5 Å². The Bertz CT molecular complexity index is 387. The van der Waals surface area contributed by atoms with Gasteiger partial charge in [0.05, 0.1) is 6.54 Å². The van der Waals surface area contributed by atoms with Gasteiger partial charge in [0.1, 0.15) is 0 Å². The second-order valence-electron chi connectivity index (χ2n) is 5.90. The summed E-state index contributed by atoms with van der Waals surface area (Å²) in [5.74, 6) is 2.05. The zero-order valence-corrected chi connectivity index (χ0v) is 11.4. The first-order chi connectivity index (χ1) is 8.61. The minimum Gasteiger partial charge on any atom is -0.338 e. The van der Waals surface area contributed by atoms with Crippen molar-refractivity contribution >= 4 is 0 Å². The largest absolute Gasteiger partial charge is 0.338 e. The zero-order valence-electron chi connectivity index (χ0n) is 11.4. The molecule has 1 heterocycles. The highest BCUT2D eigenvalue weighted by Crippen LogP contribution is 2.41. The van der Waals surface area contributed by atoms with E-state index in [1.165, 1.54) is 25.7 Å². The lowest BCUT2D eigenvalue weighted by atomic mass is 9.73. The molecule has 1 N–H and O–H groups in total. The fourth-order valence-electron chi connectivity index (χ4n) is 2.44. The molecule has 0 amide bonds. The molecular weight excluding hydrogens is 226 g/mol. The molecule has 0 saturated heterocycles. The van der Waals surface area contributed by atoms with E-state index >= 15 is 0 Å². The molecule has 2 rings (SSSR count). The monoisotopic (exact) mass is 249 g/mol. The summed E-state index contributed by atoms with van der Waals surface area (Å²) >= 11 is 0. The van der Waals surface area contributed by atoms with Gasteiger partial charge in [-0.25, -0.2) is 0 Å². The Kier molecular flexibility index (Phi) is 4.17. The van der Waals surface area contributed by atoms with Crippen molar-refractivity contribution in [3.05, 3.63) is 24.4 Å². The number of aromatic nitrogens is 2. The van der Waals surface area contributed by atoms with Crippen LogP contribution in [0.15, 0.2) is 17.2 Å². The molecule has 18 heavy (non-hydrogen) atoms. The highest BCUT2D eigenvalue weighted by molar-refractivity contribution is 4.99. The summed E-state index contributed by atoms with van der Waals surface area (Å²) < 4.78 is 5.26. The Morgan fingerprint density at radius 2 is 2.17 bits per heavy atom. The molecule has 4 nitrogen and oxygen atoms in total. The maximum absolute atomic E-state index is 5.26. The molecule has 0 aromatic carbocycles. The summed E-state index contributed by atoms with van der Waals surface area (Å²) in [5.41, 5.74) is 0.481. The van der Waals surface area contributed by atoms with Crippen LogP contribution < -0.4 is 5.32 Å². The third-order valence-corrected chi connectivity index (χ3v) is 3.75. The van der Waals surface area contributed by atoms with Gasteiger partial charge in [-0.15, -0.1) is 6.58 Å². The van der Waals surface area contributed by atoms with Crippen molar-refractivity contribution in [3.63, 3.8) is 0 Å². The molecule has 1 aromatic rings. The van der Waals surface area contributed by atoms with Gasteiger partial charge in [-0.3, -0.25) is 0 Å². The smallest absolute Gasteiger partial charge is 0.240 e. The van der Waals surface area contributed by atoms with Crippen LogP contribution in [0.25, 0.3) is 0 Å². The van der Waals surface area contributed by atoms with Crippen LogP contribution in [0.4, 0.5) is 0 Å². The molecule has 1 aromatic heterocycles. The third kappa shape index (κ3) is 3.42. The van der Waals surface area contributed by atoms with Gasteiger partial charge in [0.2, 0.25) is 5.89 Å². The highest BCUT2D eigenvalue weighted by Gasteiger charge is 2.29. The van der Waals surface area contributed by atoms with E-state index in [9.17, 15) is 0 Å². The molecule has 0 aliphatic heterocycles. The normalized spacial score (nSPS) is 19.9. The van der Waals surface area contributed by atoms with Crippen LogP contribution in [-0.4, -0.2) is 16.7 Å². The van der Waals surface area contributed by atoms with E-state index in [4.69, 9.17) is 4.52 Å². The summed E-state index contributed by atoms with van der Waals surface area (Å²) in [7, 11) is 0. The fraction of sp³-hybridized carbons (Fsp3) is 0.714. The second-order valence-corrected chi connectivity index (χ2v) is 5.90. The van der Waals surface area contributed by atoms with E-state index in [0.717, 1.165) is 12.4 Å². The molecule has 0 bridgehead atoms. The molecule has 0 radical (unpaired) electrons. The first kappa shape index (κ1) is 13.3. The lowest BCUT2D eigenvalue weighted by molar-refractivity contribution is 0.218. The molecule has 1 aliphatic carbocycles. The molecule has 1 saturated carbocycles. The van der Waals surface area contributed by atoms with E-state index in [-0.39, 0.29) is 0 Å². The number of nitrogens with zero attached hydrogens (tertiary/aromatic N) is 2. The molecular formula is C14H23N3O. The molecule has 1 aliphatic rings. The van der Waals surface area contributed by atoms with E-state index in [2.05, 4.69) is 35.9 Å². The van der Waals surface area contributed by atoms with Crippen molar-refractivity contribution in [3.8, 4) is 0 Å². The van der Waals surface area contributed by atoms with Gasteiger partial charge in [0.15, 0.2) is 5.82 Å². The van der Waals surface area contributed by atoms with Crippen LogP contribution in [0.5, 0.6) is 0 Å². The Labute approximate surface area is 109 Å². The first-order valence-corrected chi connectivity index (χ1v) is 6.75. The highest BCUT2D eigenvalue weighted by atomic mass is 16.5. The Morgan fingerprint density at radius 3 is 2.83 bits per heavy atom. The summed E-state index contributed by atoms with van der Waals surface area (Å²) in [6.45, 7) is 9.71. The predicted octanol–water partition coefficient (Wildman–Crippen LogP) is 3.03. The van der Waals surface area contributed by atoms with Crippen molar-refractivity contribution in [2.24, 2.45) is 5.41 Å². The van der Waals surface area contributed by atoms with E-state index in [0.29, 0.717) is 23.8 Å². The van der Waals surface area contributed by atoms with Crippen LogP contribution in [-0.2, 0) is 6.54 Å². The van der Waals surface area contributed by atoms with E-state index in [1.54, 1.807) is 0 Å². The molecule has 0 unspecified atom stereocenters. The average molecular weight is 249 g/mol. The molecule has 0 spiro atoms. The minimum absolute atomic E-state index is 0.481. The van der Waals surface area contributed by atoms with Crippen LogP contribution in [0.3, 0.4) is 0 Å². The predicted molar refractivity (Wildman–Crippen MR) is 71.2 cm³/mol. The topological polar surface area (TPSA) is 51.0 Å². The fourth-order valence-corrected chi connectivity index (χ4v) is 2.44. The maximum Gasteiger partial charge on any atom is 0.240 e. The average Bonchev–Trinajstić information content (AvgIpc) is 2.78. The summed E-state index contributed by atoms with van der Waals surface area (Å²) in [4.78, 5) is 4.48. The van der Waals surface area contributed by atoms with Crippen LogP contribution in [0.1, 0.15) is 57.2 Å². The number of rotatable bonds is 5. The summed E-state index contributed by atoms with van der Waals surface area (Å²) in [5, 5.41) is 7.28. The lowest BCUT2D eigenvalue weighted by Gasteiger charge is -2.32. The minimum atomic E-state index is 0.481. The second kappa shape index (κ2) is 5.65. The van der Waals surface area contributed by atoms with Crippen molar-refractivity contribution in [2.75, 3.05) is 6.54 Å². The quantitative estimate of drug-likeness (QED) is 0.643. The van der Waals surface area contributed by atoms with Gasteiger partial charge < -0.3 is 9.84 Å². The standard InChI is InChI=1S/C14H23N3O/c1-4-9-15-10-12-16-13(17-18-12)11-5-7-14(2,3)8-6-11/h4,11,15H,1,5-10H2,2-3H3. The van der Waals surface area contributed by atoms with Crippen LogP contribution in [0, 0.1) is 5.41 Å². The lowest BCUT2D eigenvalue weighted by Crippen LogP contribution is -2.20. The Hall–Kier alpha value is -1.16. The van der Waals surface area contributed by atoms with Gasteiger partial charge in [-0.05, 0) is 31.1 Å². The van der Waals surface area contributed by atoms with Crippen molar-refractivity contribution in [2.45, 2.75) is 52.0 Å². The Morgan fingerprint density at radius 1 is 1.44 bits per heavy atom. The Balaban J connectivity index is 1.88. The van der Waals surface area contributed by atoms with Gasteiger partial charge in [0.25, 0.3) is 0 Å². The molecule has 1 fully saturated rings. The van der Waals surface area contributed by atoms with E-state index < -0.39 is 0 Å². The van der Waals surface area contributed by atoms with Crippen LogP contribution >= 0.6 is 0 Å². The summed E-state index contributed by atoms with van der Waals surface area (Å²) in [6.07, 6.45) is 6.66. The summed E-state index contributed by atoms with van der Waals surface area (Å²) in [6, 6.07) is 0. The maximum atomic E-state index is 5.26. The SMILES string of the molecule is C=CCNCc1nc(C2CCC(C)(C)CC2)no1. The van der Waals surface area contributed by atoms with Crippen LogP contribution in [0.2, 0.25) is 0 Å². The van der Waals surface area contributed by atoms with Gasteiger partial charge >= 0.3 is 0 Å². The first-order valence-electron chi connectivity index (χ1n) is 6.75. The third-order valence-electron chi connectivity index (χ3n) is 3.75. The number of hydrogen-bond acceptors (Lipinski definition) is 4. The molecule has 4 heteroatoms. The van der Waals surface area contributed by atoms with Gasteiger partial charge in [-0.1, -0.05) is 25.1 Å². The molecule has 100 valence electrons. The molecule has 0 atom stereocenters.